The highest BCUT2D eigenvalue weighted by molar-refractivity contribution is 6.39. The molecule has 2 aromatic rings. The van der Waals surface area contributed by atoms with E-state index in [-0.39, 0.29) is 17.7 Å². The predicted octanol–water partition coefficient (Wildman–Crippen LogP) is 0.525. The average molecular weight is 268 g/mol. The lowest BCUT2D eigenvalue weighted by molar-refractivity contribution is -0.135. The van der Waals surface area contributed by atoms with Gasteiger partial charge in [0, 0.05) is 18.6 Å². The molecule has 2 aliphatic rings. The minimum Gasteiger partial charge on any atom is -0.342 e. The molecule has 2 atom stereocenters. The van der Waals surface area contributed by atoms with E-state index in [1.54, 1.807) is 29.1 Å². The van der Waals surface area contributed by atoms with Gasteiger partial charge in [-0.3, -0.25) is 9.59 Å². The first-order chi connectivity index (χ1) is 9.75. The standard InChI is InChI=1S/C8H7NO2.C6H5N3/c10-7-5-3-1-2-4-6(5)9-8(7)11;1-2-6-7-4-5-9(6)8-3-1/h1-6H,(H,9,11);1-5H. The molecule has 2 unspecified atom stereocenters. The van der Waals surface area contributed by atoms with Crippen LogP contribution in [0.2, 0.25) is 0 Å². The van der Waals surface area contributed by atoms with E-state index in [1.165, 1.54) is 0 Å². The maximum atomic E-state index is 11.0. The van der Waals surface area contributed by atoms with Crippen LogP contribution in [0.15, 0.2) is 55.0 Å². The van der Waals surface area contributed by atoms with Crippen LogP contribution < -0.4 is 5.32 Å². The third-order valence-electron chi connectivity index (χ3n) is 3.13. The molecule has 100 valence electrons. The summed E-state index contributed by atoms with van der Waals surface area (Å²) in [5, 5.41) is 6.57. The molecule has 4 rings (SSSR count). The van der Waals surface area contributed by atoms with E-state index in [0.717, 1.165) is 5.65 Å². The number of allylic oxidation sites excluding steroid dienone is 2. The summed E-state index contributed by atoms with van der Waals surface area (Å²) in [4.78, 5) is 25.9. The Morgan fingerprint density at radius 2 is 2.00 bits per heavy atom. The van der Waals surface area contributed by atoms with Crippen molar-refractivity contribution in [2.45, 2.75) is 6.04 Å². The molecule has 0 spiro atoms. The van der Waals surface area contributed by atoms with E-state index < -0.39 is 5.91 Å². The smallest absolute Gasteiger partial charge is 0.288 e. The number of imidazole rings is 1. The molecule has 2 aromatic heterocycles. The normalized spacial score (nSPS) is 23.2. The third kappa shape index (κ3) is 2.23. The van der Waals surface area contributed by atoms with Crippen molar-refractivity contribution < 1.29 is 9.59 Å². The molecule has 0 aromatic carbocycles. The molecular formula is C14H12N4O2. The Bertz CT molecular complexity index is 687. The van der Waals surface area contributed by atoms with Crippen molar-refractivity contribution in [1.29, 1.82) is 0 Å². The first-order valence-corrected chi connectivity index (χ1v) is 6.20. The Kier molecular flexibility index (Phi) is 3.12. The van der Waals surface area contributed by atoms with Crippen molar-refractivity contribution in [2.75, 3.05) is 0 Å². The monoisotopic (exact) mass is 268 g/mol. The molecule has 1 aliphatic carbocycles. The van der Waals surface area contributed by atoms with E-state index in [4.69, 9.17) is 0 Å². The number of ketones is 1. The maximum absolute atomic E-state index is 11.0. The zero-order valence-electron chi connectivity index (χ0n) is 10.5. The highest BCUT2D eigenvalue weighted by Gasteiger charge is 2.38. The quantitative estimate of drug-likeness (QED) is 0.707. The van der Waals surface area contributed by atoms with Crippen molar-refractivity contribution in [2.24, 2.45) is 5.92 Å². The second kappa shape index (κ2) is 5.08. The lowest BCUT2D eigenvalue weighted by Gasteiger charge is -2.11. The first kappa shape index (κ1) is 12.3. The summed E-state index contributed by atoms with van der Waals surface area (Å²) < 4.78 is 1.72. The van der Waals surface area contributed by atoms with Crippen molar-refractivity contribution in [3.63, 3.8) is 0 Å². The number of fused-ring (bicyclic) bond motifs is 2. The SMILES string of the molecule is O=C1NC2C=CC=CC2C1=O.c1cnn2ccnc2c1. The van der Waals surface area contributed by atoms with Gasteiger partial charge in [-0.2, -0.15) is 5.10 Å². The Labute approximate surface area is 114 Å². The van der Waals surface area contributed by atoms with E-state index in [0.29, 0.717) is 0 Å². The Balaban J connectivity index is 0.000000123. The lowest BCUT2D eigenvalue weighted by Crippen LogP contribution is -2.26. The number of carbonyl (C=O) groups is 2. The molecule has 20 heavy (non-hydrogen) atoms. The summed E-state index contributed by atoms with van der Waals surface area (Å²) in [5.74, 6) is -1.04. The fourth-order valence-electron chi connectivity index (χ4n) is 2.13. The summed E-state index contributed by atoms with van der Waals surface area (Å²) in [6, 6.07) is 3.68. The van der Waals surface area contributed by atoms with Gasteiger partial charge < -0.3 is 5.32 Å². The average Bonchev–Trinajstić information content (AvgIpc) is 3.06. The van der Waals surface area contributed by atoms with Gasteiger partial charge in [0.2, 0.25) is 5.78 Å². The van der Waals surface area contributed by atoms with Gasteiger partial charge in [-0.25, -0.2) is 9.50 Å². The number of hydrogen-bond acceptors (Lipinski definition) is 4. The summed E-state index contributed by atoms with van der Waals surface area (Å²) in [6.45, 7) is 0. The van der Waals surface area contributed by atoms with Gasteiger partial charge in [-0.15, -0.1) is 0 Å². The molecule has 1 aliphatic heterocycles. The summed E-state index contributed by atoms with van der Waals surface area (Å²) in [7, 11) is 0. The summed E-state index contributed by atoms with van der Waals surface area (Å²) in [6.07, 6.45) is 12.5. The van der Waals surface area contributed by atoms with Crippen molar-refractivity contribution >= 4 is 17.3 Å². The van der Waals surface area contributed by atoms with E-state index in [9.17, 15) is 9.59 Å². The van der Waals surface area contributed by atoms with Crippen LogP contribution in [0.3, 0.4) is 0 Å². The zero-order valence-corrected chi connectivity index (χ0v) is 10.5. The zero-order chi connectivity index (χ0) is 13.9. The van der Waals surface area contributed by atoms with Gasteiger partial charge in [-0.05, 0) is 12.1 Å². The van der Waals surface area contributed by atoms with Crippen molar-refractivity contribution in [3.05, 3.63) is 55.0 Å². The molecule has 1 saturated heterocycles. The van der Waals surface area contributed by atoms with Crippen LogP contribution in [-0.4, -0.2) is 32.3 Å². The van der Waals surface area contributed by atoms with Gasteiger partial charge in [-0.1, -0.05) is 24.3 Å². The molecule has 1 fully saturated rings. The van der Waals surface area contributed by atoms with Crippen LogP contribution in [0.25, 0.3) is 5.65 Å². The molecule has 0 bridgehead atoms. The van der Waals surface area contributed by atoms with E-state index in [1.807, 2.05) is 30.5 Å². The Hall–Kier alpha value is -2.76. The number of nitrogens with zero attached hydrogens (tertiary/aromatic N) is 3. The number of hydrogen-bond donors (Lipinski definition) is 1. The molecule has 1 amide bonds. The molecular weight excluding hydrogens is 256 g/mol. The van der Waals surface area contributed by atoms with Gasteiger partial charge in [0.1, 0.15) is 0 Å². The lowest BCUT2D eigenvalue weighted by atomic mass is 9.95. The van der Waals surface area contributed by atoms with Crippen molar-refractivity contribution in [3.8, 4) is 0 Å². The van der Waals surface area contributed by atoms with Crippen LogP contribution in [0.5, 0.6) is 0 Å². The van der Waals surface area contributed by atoms with E-state index in [2.05, 4.69) is 15.4 Å². The Morgan fingerprint density at radius 1 is 1.15 bits per heavy atom. The number of Topliss-reactive ketones (excluding diaryl/α,β-unsaturated/α-hetero) is 1. The maximum Gasteiger partial charge on any atom is 0.288 e. The van der Waals surface area contributed by atoms with Crippen LogP contribution in [0.1, 0.15) is 0 Å². The predicted molar refractivity (Wildman–Crippen MR) is 71.7 cm³/mol. The second-order valence-electron chi connectivity index (χ2n) is 4.41. The molecule has 0 saturated carbocycles. The third-order valence-corrected chi connectivity index (χ3v) is 3.13. The molecule has 3 heterocycles. The largest absolute Gasteiger partial charge is 0.342 e. The van der Waals surface area contributed by atoms with Crippen LogP contribution in [0.4, 0.5) is 0 Å². The van der Waals surface area contributed by atoms with Gasteiger partial charge >= 0.3 is 0 Å². The topological polar surface area (TPSA) is 76.4 Å². The minimum atomic E-state index is -0.462. The fourth-order valence-corrected chi connectivity index (χ4v) is 2.13. The second-order valence-corrected chi connectivity index (χ2v) is 4.41. The molecule has 0 radical (unpaired) electrons. The fraction of sp³-hybridized carbons (Fsp3) is 0.143. The van der Waals surface area contributed by atoms with Crippen LogP contribution in [0, 0.1) is 5.92 Å². The number of nitrogens with one attached hydrogen (secondary N) is 1. The van der Waals surface area contributed by atoms with Crippen LogP contribution >= 0.6 is 0 Å². The molecule has 6 heteroatoms. The number of carbonyl (C=O) groups excluding carboxylic acids is 2. The molecule has 6 nitrogen and oxygen atoms in total. The van der Waals surface area contributed by atoms with Gasteiger partial charge in [0.25, 0.3) is 5.91 Å². The molecule has 1 N–H and O–H groups in total. The van der Waals surface area contributed by atoms with Crippen molar-refractivity contribution in [1.82, 2.24) is 19.9 Å². The van der Waals surface area contributed by atoms with Gasteiger partial charge in [0.05, 0.1) is 12.0 Å². The minimum absolute atomic E-state index is 0.0972. The number of rotatable bonds is 0. The Morgan fingerprint density at radius 3 is 2.80 bits per heavy atom. The highest BCUT2D eigenvalue weighted by Crippen LogP contribution is 2.18. The van der Waals surface area contributed by atoms with Crippen LogP contribution in [-0.2, 0) is 9.59 Å². The summed E-state index contributed by atoms with van der Waals surface area (Å²) >= 11 is 0. The first-order valence-electron chi connectivity index (χ1n) is 6.20. The summed E-state index contributed by atoms with van der Waals surface area (Å²) in [5.41, 5.74) is 0.887. The highest BCUT2D eigenvalue weighted by atomic mass is 16.2. The van der Waals surface area contributed by atoms with E-state index >= 15 is 0 Å². The number of amides is 1. The number of aromatic nitrogens is 3. The van der Waals surface area contributed by atoms with Gasteiger partial charge in [0.15, 0.2) is 5.65 Å².